The molecular weight excluding hydrogens is 350 g/mol. The van der Waals surface area contributed by atoms with Gasteiger partial charge in [0.05, 0.1) is 0 Å². The molecule has 1 aromatic carbocycles. The largest absolute Gasteiger partial charge is 0.507 e. The van der Waals surface area contributed by atoms with E-state index in [0.29, 0.717) is 17.8 Å². The number of rotatable bonds is 3. The first-order valence-electron chi connectivity index (χ1n) is 9.35. The van der Waals surface area contributed by atoms with Crippen molar-refractivity contribution in [3.63, 3.8) is 0 Å². The summed E-state index contributed by atoms with van der Waals surface area (Å²) in [6, 6.07) is 6.67. The lowest BCUT2D eigenvalue weighted by molar-refractivity contribution is 0.151. The zero-order chi connectivity index (χ0) is 19.1. The van der Waals surface area contributed by atoms with Crippen molar-refractivity contribution >= 4 is 5.82 Å². The second kappa shape index (κ2) is 7.03. The first kappa shape index (κ1) is 18.1. The van der Waals surface area contributed by atoms with Crippen LogP contribution in [-0.4, -0.2) is 52.9 Å². The number of aromatic nitrogens is 2. The van der Waals surface area contributed by atoms with Gasteiger partial charge in [-0.1, -0.05) is 6.07 Å². The maximum atomic E-state index is 13.8. The molecule has 0 bridgehead atoms. The number of hydrogen-bond acceptors (Lipinski definition) is 5. The number of piperidine rings is 1. The fraction of sp³-hybridized carbons (Fsp3) is 0.500. The minimum absolute atomic E-state index is 0.0442. The summed E-state index contributed by atoms with van der Waals surface area (Å²) in [4.78, 5) is 4.40. The van der Waals surface area contributed by atoms with Crippen molar-refractivity contribution in [3.05, 3.63) is 35.4 Å². The van der Waals surface area contributed by atoms with Gasteiger partial charge in [-0.25, -0.2) is 8.78 Å². The Labute approximate surface area is 157 Å². The third kappa shape index (κ3) is 3.36. The third-order valence-electron chi connectivity index (χ3n) is 5.81. The Morgan fingerprint density at radius 1 is 1.15 bits per heavy atom. The topological polar surface area (TPSA) is 52.5 Å². The van der Waals surface area contributed by atoms with Crippen LogP contribution in [0.2, 0.25) is 0 Å². The molecule has 1 N–H and O–H groups in total. The minimum atomic E-state index is -2.69. The highest BCUT2D eigenvalue weighted by molar-refractivity contribution is 5.71. The van der Waals surface area contributed by atoms with Crippen LogP contribution in [0.4, 0.5) is 14.6 Å². The highest BCUT2D eigenvalue weighted by Gasteiger charge is 2.38. The molecule has 2 atom stereocenters. The summed E-state index contributed by atoms with van der Waals surface area (Å²) >= 11 is 0. The molecule has 27 heavy (non-hydrogen) atoms. The van der Waals surface area contributed by atoms with E-state index in [1.807, 2.05) is 6.92 Å². The van der Waals surface area contributed by atoms with Crippen LogP contribution < -0.4 is 4.90 Å². The SMILES string of the molecule is Cc1ccc(-c2nnc(N3CC[C@@H]4CCN(C)C[C@@H]43)cc2C(F)F)c(O)c1. The monoisotopic (exact) mass is 374 g/mol. The summed E-state index contributed by atoms with van der Waals surface area (Å²) in [5.74, 6) is 1.02. The summed E-state index contributed by atoms with van der Waals surface area (Å²) in [5, 5.41) is 18.6. The van der Waals surface area contributed by atoms with Gasteiger partial charge in [0.15, 0.2) is 5.82 Å². The summed E-state index contributed by atoms with van der Waals surface area (Å²) < 4.78 is 27.6. The molecule has 2 aromatic rings. The molecule has 0 aliphatic carbocycles. The fourth-order valence-corrected chi connectivity index (χ4v) is 4.34. The van der Waals surface area contributed by atoms with Crippen molar-refractivity contribution in [2.45, 2.75) is 32.2 Å². The van der Waals surface area contributed by atoms with E-state index in [1.54, 1.807) is 18.2 Å². The van der Waals surface area contributed by atoms with Gasteiger partial charge in [0.25, 0.3) is 6.43 Å². The lowest BCUT2D eigenvalue weighted by Gasteiger charge is -2.37. The molecule has 1 aromatic heterocycles. The van der Waals surface area contributed by atoms with Crippen LogP contribution in [0.25, 0.3) is 11.3 Å². The highest BCUT2D eigenvalue weighted by atomic mass is 19.3. The number of likely N-dealkylation sites (tertiary alicyclic amines) is 1. The molecule has 2 aliphatic heterocycles. The van der Waals surface area contributed by atoms with Crippen LogP contribution in [0.5, 0.6) is 5.75 Å². The quantitative estimate of drug-likeness (QED) is 0.889. The van der Waals surface area contributed by atoms with Crippen molar-refractivity contribution in [1.82, 2.24) is 15.1 Å². The summed E-state index contributed by atoms with van der Waals surface area (Å²) in [6.07, 6.45) is -0.505. The van der Waals surface area contributed by atoms with E-state index in [2.05, 4.69) is 27.0 Å². The van der Waals surface area contributed by atoms with Gasteiger partial charge in [-0.05, 0) is 63.0 Å². The lowest BCUT2D eigenvalue weighted by Crippen LogP contribution is -2.47. The van der Waals surface area contributed by atoms with Gasteiger partial charge >= 0.3 is 0 Å². The second-order valence-corrected chi connectivity index (χ2v) is 7.69. The van der Waals surface area contributed by atoms with Crippen molar-refractivity contribution in [2.24, 2.45) is 5.92 Å². The normalized spacial score (nSPS) is 23.1. The molecule has 2 saturated heterocycles. The molecule has 2 aliphatic rings. The molecular formula is C20H24F2N4O. The highest BCUT2D eigenvalue weighted by Crippen LogP contribution is 2.38. The Morgan fingerprint density at radius 2 is 1.93 bits per heavy atom. The maximum absolute atomic E-state index is 13.8. The van der Waals surface area contributed by atoms with Crippen LogP contribution >= 0.6 is 0 Å². The lowest BCUT2D eigenvalue weighted by atomic mass is 9.92. The van der Waals surface area contributed by atoms with E-state index < -0.39 is 6.43 Å². The number of aromatic hydroxyl groups is 1. The molecule has 2 fully saturated rings. The molecule has 0 radical (unpaired) electrons. The molecule has 7 heteroatoms. The number of likely N-dealkylation sites (N-methyl/N-ethyl adjacent to an activating group) is 1. The van der Waals surface area contributed by atoms with Crippen molar-refractivity contribution in [1.29, 1.82) is 0 Å². The Kier molecular flexibility index (Phi) is 4.72. The van der Waals surface area contributed by atoms with Crippen LogP contribution in [0, 0.1) is 12.8 Å². The molecule has 144 valence electrons. The zero-order valence-corrected chi connectivity index (χ0v) is 15.6. The predicted octanol–water partition coefficient (Wildman–Crippen LogP) is 3.63. The average molecular weight is 374 g/mol. The van der Waals surface area contributed by atoms with Gasteiger partial charge in [-0.2, -0.15) is 0 Å². The third-order valence-corrected chi connectivity index (χ3v) is 5.81. The van der Waals surface area contributed by atoms with Gasteiger partial charge in [-0.3, -0.25) is 0 Å². The van der Waals surface area contributed by atoms with Crippen LogP contribution in [0.1, 0.15) is 30.4 Å². The molecule has 3 heterocycles. The number of fused-ring (bicyclic) bond motifs is 1. The number of phenols is 1. The number of anilines is 1. The van der Waals surface area contributed by atoms with E-state index >= 15 is 0 Å². The van der Waals surface area contributed by atoms with Crippen LogP contribution in [-0.2, 0) is 0 Å². The number of hydrogen-bond donors (Lipinski definition) is 1. The fourth-order valence-electron chi connectivity index (χ4n) is 4.34. The summed E-state index contributed by atoms with van der Waals surface area (Å²) in [7, 11) is 2.09. The Balaban J connectivity index is 1.71. The van der Waals surface area contributed by atoms with E-state index in [1.165, 1.54) is 6.07 Å². The van der Waals surface area contributed by atoms with Crippen molar-refractivity contribution in [3.8, 4) is 17.0 Å². The number of phenolic OH excluding ortho intramolecular Hbond substituents is 1. The van der Waals surface area contributed by atoms with E-state index in [-0.39, 0.29) is 22.6 Å². The smallest absolute Gasteiger partial charge is 0.266 e. The molecule has 5 nitrogen and oxygen atoms in total. The Hall–Kier alpha value is -2.28. The van der Waals surface area contributed by atoms with Gasteiger partial charge in [0.1, 0.15) is 11.4 Å². The molecule has 0 spiro atoms. The van der Waals surface area contributed by atoms with Gasteiger partial charge in [-0.15, -0.1) is 10.2 Å². The first-order chi connectivity index (χ1) is 12.9. The van der Waals surface area contributed by atoms with Gasteiger partial charge in [0, 0.05) is 30.3 Å². The Morgan fingerprint density at radius 3 is 2.67 bits per heavy atom. The maximum Gasteiger partial charge on any atom is 0.266 e. The Bertz CT molecular complexity index is 845. The standard InChI is InChI=1S/C20H24F2N4O/c1-12-3-4-14(17(27)9-12)19-15(20(21)22)10-18(23-24-19)26-8-6-13-5-7-25(2)11-16(13)26/h3-4,9-10,13,16,20,27H,5-8,11H2,1-2H3/t13-,16-/m0/s1. The van der Waals surface area contributed by atoms with Gasteiger partial charge in [0.2, 0.25) is 0 Å². The first-order valence-corrected chi connectivity index (χ1v) is 9.35. The zero-order valence-electron chi connectivity index (χ0n) is 15.6. The van der Waals surface area contributed by atoms with Crippen LogP contribution in [0.3, 0.4) is 0 Å². The van der Waals surface area contributed by atoms with E-state index in [0.717, 1.165) is 38.0 Å². The van der Waals surface area contributed by atoms with Gasteiger partial charge < -0.3 is 14.9 Å². The number of alkyl halides is 2. The predicted molar refractivity (Wildman–Crippen MR) is 100 cm³/mol. The number of aryl methyl sites for hydroxylation is 1. The molecule has 0 unspecified atom stereocenters. The number of benzene rings is 1. The van der Waals surface area contributed by atoms with Crippen molar-refractivity contribution < 1.29 is 13.9 Å². The summed E-state index contributed by atoms with van der Waals surface area (Å²) in [6.45, 7) is 4.64. The molecule has 0 saturated carbocycles. The van der Waals surface area contributed by atoms with Crippen molar-refractivity contribution in [2.75, 3.05) is 31.6 Å². The minimum Gasteiger partial charge on any atom is -0.507 e. The summed E-state index contributed by atoms with van der Waals surface area (Å²) in [5.41, 5.74) is 0.991. The number of nitrogens with zero attached hydrogens (tertiary/aromatic N) is 4. The van der Waals surface area contributed by atoms with E-state index in [4.69, 9.17) is 0 Å². The second-order valence-electron chi connectivity index (χ2n) is 7.69. The van der Waals surface area contributed by atoms with Crippen LogP contribution in [0.15, 0.2) is 24.3 Å². The molecule has 4 rings (SSSR count). The van der Waals surface area contributed by atoms with E-state index in [9.17, 15) is 13.9 Å². The molecule has 0 amide bonds. The number of halogens is 2. The average Bonchev–Trinajstić information content (AvgIpc) is 3.04.